The van der Waals surface area contributed by atoms with Crippen LogP contribution in [0.1, 0.15) is 23.2 Å². The molecule has 0 unspecified atom stereocenters. The number of imidazole rings is 1. The Kier molecular flexibility index (Phi) is 3.40. The number of carbonyl (C=O) groups is 1. The number of halogens is 1. The maximum atomic E-state index is 12.0. The minimum atomic E-state index is -0.108. The molecule has 1 amide bonds. The molecule has 1 saturated heterocycles. The third-order valence-electron chi connectivity index (χ3n) is 3.23. The van der Waals surface area contributed by atoms with Gasteiger partial charge in [0, 0.05) is 18.7 Å². The number of aromatic nitrogens is 2. The molecule has 0 aliphatic carbocycles. The molecular weight excluding hydrogens is 266 g/mol. The van der Waals surface area contributed by atoms with Gasteiger partial charge in [-0.1, -0.05) is 0 Å². The molecule has 0 saturated carbocycles. The zero-order valence-electron chi connectivity index (χ0n) is 10.3. The summed E-state index contributed by atoms with van der Waals surface area (Å²) in [6, 6.07) is 5.27. The highest BCUT2D eigenvalue weighted by molar-refractivity contribution is 6.29. The zero-order valence-corrected chi connectivity index (χ0v) is 11.0. The number of ether oxygens (including phenoxy) is 1. The Labute approximate surface area is 115 Å². The normalized spacial score (nSPS) is 18.9. The van der Waals surface area contributed by atoms with E-state index in [1.807, 2.05) is 0 Å². The number of carbonyl (C=O) groups excluding carboxylic acids is 1. The first-order valence-electron chi connectivity index (χ1n) is 6.27. The van der Waals surface area contributed by atoms with Crippen molar-refractivity contribution in [2.75, 3.05) is 13.2 Å². The predicted molar refractivity (Wildman–Crippen MR) is 72.4 cm³/mol. The van der Waals surface area contributed by atoms with E-state index in [2.05, 4.69) is 15.3 Å². The summed E-state index contributed by atoms with van der Waals surface area (Å²) in [6.07, 6.45) is 2.23. The Balaban J connectivity index is 1.69. The van der Waals surface area contributed by atoms with Crippen molar-refractivity contribution >= 4 is 28.5 Å². The van der Waals surface area contributed by atoms with E-state index in [4.69, 9.17) is 16.3 Å². The van der Waals surface area contributed by atoms with E-state index in [9.17, 15) is 4.79 Å². The van der Waals surface area contributed by atoms with Gasteiger partial charge in [0.05, 0.1) is 17.1 Å². The van der Waals surface area contributed by atoms with E-state index in [1.165, 1.54) is 0 Å². The maximum Gasteiger partial charge on any atom is 0.251 e. The summed E-state index contributed by atoms with van der Waals surface area (Å²) < 4.78 is 5.46. The van der Waals surface area contributed by atoms with Gasteiger partial charge in [-0.15, -0.1) is 0 Å². The summed E-state index contributed by atoms with van der Waals surface area (Å²) in [5, 5.41) is 3.21. The number of fused-ring (bicyclic) bond motifs is 1. The Morgan fingerprint density at radius 1 is 1.58 bits per heavy atom. The highest BCUT2D eigenvalue weighted by Gasteiger charge is 2.16. The van der Waals surface area contributed by atoms with Crippen LogP contribution in [0.4, 0.5) is 0 Å². The third-order valence-corrected chi connectivity index (χ3v) is 3.41. The van der Waals surface area contributed by atoms with Crippen molar-refractivity contribution in [3.05, 3.63) is 29.0 Å². The number of hydrogen-bond acceptors (Lipinski definition) is 3. The first kappa shape index (κ1) is 12.4. The van der Waals surface area contributed by atoms with Gasteiger partial charge in [0.25, 0.3) is 5.91 Å². The van der Waals surface area contributed by atoms with Crippen LogP contribution in [-0.2, 0) is 4.74 Å². The molecule has 1 aliphatic heterocycles. The van der Waals surface area contributed by atoms with Gasteiger partial charge in [-0.05, 0) is 42.6 Å². The van der Waals surface area contributed by atoms with E-state index in [1.54, 1.807) is 18.2 Å². The Morgan fingerprint density at radius 2 is 2.47 bits per heavy atom. The number of nitrogens with one attached hydrogen (secondary N) is 2. The molecule has 0 radical (unpaired) electrons. The minimum absolute atomic E-state index is 0.108. The number of amides is 1. The van der Waals surface area contributed by atoms with Gasteiger partial charge in [0.15, 0.2) is 0 Å². The molecule has 1 atom stereocenters. The van der Waals surface area contributed by atoms with Gasteiger partial charge in [-0.25, -0.2) is 4.98 Å². The van der Waals surface area contributed by atoms with E-state index in [0.717, 1.165) is 30.5 Å². The molecule has 1 aliphatic rings. The number of aromatic amines is 1. The van der Waals surface area contributed by atoms with Crippen molar-refractivity contribution in [3.8, 4) is 0 Å². The highest BCUT2D eigenvalue weighted by atomic mass is 35.5. The lowest BCUT2D eigenvalue weighted by atomic mass is 10.2. The first-order valence-corrected chi connectivity index (χ1v) is 6.65. The molecule has 3 rings (SSSR count). The third kappa shape index (κ3) is 2.72. The number of nitrogens with zero attached hydrogens (tertiary/aromatic N) is 1. The maximum absolute atomic E-state index is 12.0. The molecule has 2 heterocycles. The van der Waals surface area contributed by atoms with E-state index in [0.29, 0.717) is 17.4 Å². The van der Waals surface area contributed by atoms with Crippen LogP contribution in [0.25, 0.3) is 11.0 Å². The fraction of sp³-hybridized carbons (Fsp3) is 0.385. The van der Waals surface area contributed by atoms with Crippen LogP contribution in [0.15, 0.2) is 18.2 Å². The molecular formula is C13H14ClN3O2. The summed E-state index contributed by atoms with van der Waals surface area (Å²) in [5.74, 6) is -0.108. The van der Waals surface area contributed by atoms with Crippen LogP contribution in [0.5, 0.6) is 0 Å². The van der Waals surface area contributed by atoms with Crippen LogP contribution in [0.2, 0.25) is 5.28 Å². The summed E-state index contributed by atoms with van der Waals surface area (Å²) in [4.78, 5) is 19.0. The largest absolute Gasteiger partial charge is 0.376 e. The Morgan fingerprint density at radius 3 is 3.26 bits per heavy atom. The fourth-order valence-electron chi connectivity index (χ4n) is 2.23. The van der Waals surface area contributed by atoms with Gasteiger partial charge >= 0.3 is 0 Å². The summed E-state index contributed by atoms with van der Waals surface area (Å²) in [7, 11) is 0. The summed E-state index contributed by atoms with van der Waals surface area (Å²) >= 11 is 5.78. The summed E-state index contributed by atoms with van der Waals surface area (Å²) in [6.45, 7) is 1.35. The van der Waals surface area contributed by atoms with Crippen molar-refractivity contribution in [3.63, 3.8) is 0 Å². The number of benzene rings is 1. The lowest BCUT2D eigenvalue weighted by Crippen LogP contribution is -2.31. The molecule has 6 heteroatoms. The van der Waals surface area contributed by atoms with E-state index < -0.39 is 0 Å². The van der Waals surface area contributed by atoms with Gasteiger partial charge < -0.3 is 15.0 Å². The second-order valence-electron chi connectivity index (χ2n) is 4.60. The van der Waals surface area contributed by atoms with E-state index >= 15 is 0 Å². The van der Waals surface area contributed by atoms with Crippen LogP contribution >= 0.6 is 11.6 Å². The van der Waals surface area contributed by atoms with Crippen LogP contribution in [0, 0.1) is 0 Å². The van der Waals surface area contributed by atoms with Crippen LogP contribution < -0.4 is 5.32 Å². The second kappa shape index (κ2) is 5.19. The molecule has 19 heavy (non-hydrogen) atoms. The Hall–Kier alpha value is -1.59. The highest BCUT2D eigenvalue weighted by Crippen LogP contribution is 2.16. The quantitative estimate of drug-likeness (QED) is 0.904. The average molecular weight is 280 g/mol. The molecule has 2 aromatic rings. The monoisotopic (exact) mass is 279 g/mol. The molecule has 0 spiro atoms. The standard InChI is InChI=1S/C13H14ClN3O2/c14-13-16-10-4-3-8(6-11(10)17-13)12(18)15-7-9-2-1-5-19-9/h3-4,6,9H,1-2,5,7H2,(H,15,18)(H,16,17)/t9-/m0/s1. The van der Waals surface area contributed by atoms with Crippen molar-refractivity contribution in [2.24, 2.45) is 0 Å². The van der Waals surface area contributed by atoms with Gasteiger partial charge in [-0.3, -0.25) is 4.79 Å². The Bertz CT molecular complexity index is 605. The fourth-order valence-corrected chi connectivity index (χ4v) is 2.43. The number of H-pyrrole nitrogens is 1. The predicted octanol–water partition coefficient (Wildman–Crippen LogP) is 2.13. The van der Waals surface area contributed by atoms with Gasteiger partial charge in [-0.2, -0.15) is 0 Å². The second-order valence-corrected chi connectivity index (χ2v) is 4.96. The molecule has 100 valence electrons. The van der Waals surface area contributed by atoms with Crippen molar-refractivity contribution in [2.45, 2.75) is 18.9 Å². The average Bonchev–Trinajstić information content (AvgIpc) is 3.02. The van der Waals surface area contributed by atoms with Crippen molar-refractivity contribution in [1.29, 1.82) is 0 Å². The molecule has 0 bridgehead atoms. The topological polar surface area (TPSA) is 67.0 Å². The van der Waals surface area contributed by atoms with Gasteiger partial charge in [0.2, 0.25) is 5.28 Å². The molecule has 5 nitrogen and oxygen atoms in total. The lowest BCUT2D eigenvalue weighted by molar-refractivity contribution is 0.0858. The van der Waals surface area contributed by atoms with Crippen LogP contribution in [0.3, 0.4) is 0 Å². The zero-order chi connectivity index (χ0) is 13.2. The molecule has 2 N–H and O–H groups in total. The summed E-state index contributed by atoms with van der Waals surface area (Å²) in [5.41, 5.74) is 2.10. The molecule has 1 fully saturated rings. The van der Waals surface area contributed by atoms with Crippen LogP contribution in [-0.4, -0.2) is 35.1 Å². The van der Waals surface area contributed by atoms with Crippen molar-refractivity contribution in [1.82, 2.24) is 15.3 Å². The van der Waals surface area contributed by atoms with Gasteiger partial charge in [0.1, 0.15) is 0 Å². The molecule has 1 aromatic carbocycles. The molecule has 1 aromatic heterocycles. The van der Waals surface area contributed by atoms with Crippen molar-refractivity contribution < 1.29 is 9.53 Å². The minimum Gasteiger partial charge on any atom is -0.376 e. The SMILES string of the molecule is O=C(NC[C@@H]1CCCO1)c1ccc2nc(Cl)[nH]c2c1. The number of rotatable bonds is 3. The lowest BCUT2D eigenvalue weighted by Gasteiger charge is -2.10. The smallest absolute Gasteiger partial charge is 0.251 e. The first-order chi connectivity index (χ1) is 9.22. The number of hydrogen-bond donors (Lipinski definition) is 2. The van der Waals surface area contributed by atoms with E-state index in [-0.39, 0.29) is 12.0 Å².